The van der Waals surface area contributed by atoms with Gasteiger partial charge in [0.1, 0.15) is 0 Å². The lowest BCUT2D eigenvalue weighted by Gasteiger charge is -2.23. The Hall–Kier alpha value is -2.24. The van der Waals surface area contributed by atoms with Crippen molar-refractivity contribution in [3.63, 3.8) is 0 Å². The predicted molar refractivity (Wildman–Crippen MR) is 66.0 cm³/mol. The molecule has 2 bridgehead atoms. The molecule has 0 saturated heterocycles. The Balaban J connectivity index is 1.79. The molecule has 1 aromatic heterocycles. The number of amides is 1. The van der Waals surface area contributed by atoms with Gasteiger partial charge in [0.25, 0.3) is 0 Å². The van der Waals surface area contributed by atoms with Crippen molar-refractivity contribution in [1.82, 2.24) is 9.97 Å². The fourth-order valence-corrected chi connectivity index (χ4v) is 3.07. The molecule has 6 nitrogen and oxygen atoms in total. The zero-order valence-electron chi connectivity index (χ0n) is 10.1. The third-order valence-corrected chi connectivity index (χ3v) is 3.85. The minimum atomic E-state index is -0.911. The number of fused-ring (bicyclic) bond motifs is 2. The quantitative estimate of drug-likeness (QED) is 0.788. The number of aromatic nitrogens is 2. The molecule has 19 heavy (non-hydrogen) atoms. The number of allylic oxidation sites excluding steroid dienone is 2. The highest BCUT2D eigenvalue weighted by molar-refractivity contribution is 5.95. The van der Waals surface area contributed by atoms with Crippen LogP contribution >= 0.6 is 0 Å². The molecule has 0 radical (unpaired) electrons. The number of anilines is 1. The summed E-state index contributed by atoms with van der Waals surface area (Å²) in [5.41, 5.74) is 0. The van der Waals surface area contributed by atoms with Crippen LogP contribution in [-0.2, 0) is 9.59 Å². The zero-order chi connectivity index (χ0) is 13.4. The summed E-state index contributed by atoms with van der Waals surface area (Å²) in [5, 5.41) is 11.9. The molecular formula is C13H13N3O3. The molecule has 6 heteroatoms. The van der Waals surface area contributed by atoms with Crippen LogP contribution in [0.25, 0.3) is 0 Å². The Morgan fingerprint density at radius 2 is 1.79 bits per heavy atom. The van der Waals surface area contributed by atoms with Crippen LogP contribution in [-0.4, -0.2) is 27.0 Å². The van der Waals surface area contributed by atoms with Crippen LogP contribution in [0.1, 0.15) is 6.42 Å². The maximum atomic E-state index is 12.2. The number of rotatable bonds is 3. The summed E-state index contributed by atoms with van der Waals surface area (Å²) in [5.74, 6) is -2.20. The average molecular weight is 259 g/mol. The topological polar surface area (TPSA) is 92.2 Å². The highest BCUT2D eigenvalue weighted by Crippen LogP contribution is 2.48. The molecule has 0 unspecified atom stereocenters. The van der Waals surface area contributed by atoms with Gasteiger partial charge in [-0.05, 0) is 24.3 Å². The van der Waals surface area contributed by atoms with Gasteiger partial charge in [0, 0.05) is 12.4 Å². The lowest BCUT2D eigenvalue weighted by molar-refractivity contribution is -0.146. The number of hydrogen-bond donors (Lipinski definition) is 2. The van der Waals surface area contributed by atoms with E-state index in [0.29, 0.717) is 0 Å². The number of carboxylic acid groups (broad SMARTS) is 1. The summed E-state index contributed by atoms with van der Waals surface area (Å²) in [6.07, 6.45) is 7.65. The van der Waals surface area contributed by atoms with E-state index < -0.39 is 17.8 Å². The van der Waals surface area contributed by atoms with Crippen molar-refractivity contribution < 1.29 is 14.7 Å². The molecule has 0 spiro atoms. The van der Waals surface area contributed by atoms with Crippen molar-refractivity contribution in [2.24, 2.45) is 23.7 Å². The number of nitrogens with one attached hydrogen (secondary N) is 1. The number of aliphatic carboxylic acids is 1. The predicted octanol–water partition coefficient (Wildman–Crippen LogP) is 0.938. The van der Waals surface area contributed by atoms with Gasteiger partial charge >= 0.3 is 5.97 Å². The van der Waals surface area contributed by atoms with Crippen LogP contribution in [0.4, 0.5) is 5.95 Å². The van der Waals surface area contributed by atoms with Crippen LogP contribution < -0.4 is 5.32 Å². The first-order valence-corrected chi connectivity index (χ1v) is 6.16. The first-order chi connectivity index (χ1) is 9.16. The van der Waals surface area contributed by atoms with Gasteiger partial charge in [-0.15, -0.1) is 0 Å². The first kappa shape index (κ1) is 11.8. The van der Waals surface area contributed by atoms with Crippen molar-refractivity contribution in [3.8, 4) is 0 Å². The van der Waals surface area contributed by atoms with Gasteiger partial charge < -0.3 is 5.11 Å². The van der Waals surface area contributed by atoms with Gasteiger partial charge in [-0.25, -0.2) is 9.97 Å². The second-order valence-corrected chi connectivity index (χ2v) is 4.90. The van der Waals surface area contributed by atoms with E-state index >= 15 is 0 Å². The van der Waals surface area contributed by atoms with Crippen molar-refractivity contribution in [1.29, 1.82) is 0 Å². The summed E-state index contributed by atoms with van der Waals surface area (Å²) < 4.78 is 0. The molecule has 1 amide bonds. The Labute approximate surface area is 109 Å². The molecule has 4 atom stereocenters. The van der Waals surface area contributed by atoms with Crippen molar-refractivity contribution >= 4 is 17.8 Å². The Morgan fingerprint density at radius 1 is 1.16 bits per heavy atom. The SMILES string of the molecule is O=C(O)[C@@H]1[C@H](C(=O)Nc2ncccn2)[C@H]2C=C[C@H]1C2. The summed E-state index contributed by atoms with van der Waals surface area (Å²) in [6.45, 7) is 0. The van der Waals surface area contributed by atoms with Crippen LogP contribution in [0.5, 0.6) is 0 Å². The fraction of sp³-hybridized carbons (Fsp3) is 0.385. The monoisotopic (exact) mass is 259 g/mol. The standard InChI is InChI=1S/C13H13N3O3/c17-11(16-13-14-4-1-5-15-13)9-7-2-3-8(6-7)10(9)12(18)19/h1-5,7-10H,6H2,(H,18,19)(H,14,15,16,17)/t7-,8-,9+,10-/m0/s1. The molecule has 2 N–H and O–H groups in total. The molecule has 98 valence electrons. The van der Waals surface area contributed by atoms with Gasteiger partial charge in [-0.2, -0.15) is 0 Å². The number of hydrogen-bond acceptors (Lipinski definition) is 4. The Bertz CT molecular complexity index is 543. The first-order valence-electron chi connectivity index (χ1n) is 6.16. The number of carboxylic acids is 1. The molecule has 1 saturated carbocycles. The van der Waals surface area contributed by atoms with E-state index in [9.17, 15) is 14.7 Å². The minimum Gasteiger partial charge on any atom is -0.481 e. The third-order valence-electron chi connectivity index (χ3n) is 3.85. The van der Waals surface area contributed by atoms with Crippen LogP contribution in [0.15, 0.2) is 30.6 Å². The summed E-state index contributed by atoms with van der Waals surface area (Å²) in [6, 6.07) is 1.65. The number of nitrogens with zero attached hydrogens (tertiary/aromatic N) is 2. The fourth-order valence-electron chi connectivity index (χ4n) is 3.07. The lowest BCUT2D eigenvalue weighted by Crippen LogP contribution is -2.36. The minimum absolute atomic E-state index is 0.00909. The average Bonchev–Trinajstić information content (AvgIpc) is 2.99. The smallest absolute Gasteiger partial charge is 0.307 e. The molecule has 2 aliphatic rings. The second kappa shape index (κ2) is 4.46. The second-order valence-electron chi connectivity index (χ2n) is 4.90. The molecule has 1 heterocycles. The summed E-state index contributed by atoms with van der Waals surface area (Å²) >= 11 is 0. The van der Waals surface area contributed by atoms with E-state index in [2.05, 4.69) is 15.3 Å². The largest absolute Gasteiger partial charge is 0.481 e. The highest BCUT2D eigenvalue weighted by Gasteiger charge is 2.51. The number of carbonyl (C=O) groups is 2. The van der Waals surface area contributed by atoms with Crippen LogP contribution in [0.3, 0.4) is 0 Å². The lowest BCUT2D eigenvalue weighted by atomic mass is 9.82. The number of carbonyl (C=O) groups excluding carboxylic acids is 1. The molecule has 1 aromatic rings. The van der Waals surface area contributed by atoms with E-state index in [0.717, 1.165) is 6.42 Å². The molecule has 3 rings (SSSR count). The normalized spacial score (nSPS) is 31.4. The van der Waals surface area contributed by atoms with Crippen molar-refractivity contribution in [2.75, 3.05) is 5.32 Å². The molecule has 1 fully saturated rings. The van der Waals surface area contributed by atoms with E-state index in [1.807, 2.05) is 12.2 Å². The summed E-state index contributed by atoms with van der Waals surface area (Å²) in [4.78, 5) is 31.4. The van der Waals surface area contributed by atoms with Crippen molar-refractivity contribution in [2.45, 2.75) is 6.42 Å². The molecule has 2 aliphatic carbocycles. The van der Waals surface area contributed by atoms with Gasteiger partial charge in [0.15, 0.2) is 0 Å². The summed E-state index contributed by atoms with van der Waals surface area (Å²) in [7, 11) is 0. The van der Waals surface area contributed by atoms with E-state index in [1.54, 1.807) is 6.07 Å². The zero-order valence-corrected chi connectivity index (χ0v) is 10.1. The van der Waals surface area contributed by atoms with Gasteiger partial charge in [-0.1, -0.05) is 12.2 Å². The Kier molecular flexibility index (Phi) is 2.77. The Morgan fingerprint density at radius 3 is 2.42 bits per heavy atom. The molecule has 0 aliphatic heterocycles. The van der Waals surface area contributed by atoms with Gasteiger partial charge in [0.05, 0.1) is 11.8 Å². The highest BCUT2D eigenvalue weighted by atomic mass is 16.4. The van der Waals surface area contributed by atoms with E-state index in [1.165, 1.54) is 12.4 Å². The molecule has 0 aromatic carbocycles. The van der Waals surface area contributed by atoms with Crippen LogP contribution in [0.2, 0.25) is 0 Å². The van der Waals surface area contributed by atoms with E-state index in [4.69, 9.17) is 0 Å². The maximum Gasteiger partial charge on any atom is 0.307 e. The molecular weight excluding hydrogens is 246 g/mol. The third kappa shape index (κ3) is 1.99. The van der Waals surface area contributed by atoms with Gasteiger partial charge in [-0.3, -0.25) is 14.9 Å². The van der Waals surface area contributed by atoms with Crippen LogP contribution in [0, 0.1) is 23.7 Å². The van der Waals surface area contributed by atoms with E-state index in [-0.39, 0.29) is 23.7 Å². The maximum absolute atomic E-state index is 12.2. The van der Waals surface area contributed by atoms with Crippen molar-refractivity contribution in [3.05, 3.63) is 30.6 Å². The van der Waals surface area contributed by atoms with Gasteiger partial charge in [0.2, 0.25) is 11.9 Å².